The van der Waals surface area contributed by atoms with Crippen LogP contribution in [0.15, 0.2) is 73.9 Å². The van der Waals surface area contributed by atoms with Gasteiger partial charge in [0.1, 0.15) is 0 Å². The summed E-state index contributed by atoms with van der Waals surface area (Å²) in [4.78, 5) is 7.04. The lowest BCUT2D eigenvalue weighted by Crippen LogP contribution is -2.05. The van der Waals surface area contributed by atoms with Gasteiger partial charge >= 0.3 is 0 Å². The molecule has 0 spiro atoms. The Kier molecular flexibility index (Phi) is 5.83. The van der Waals surface area contributed by atoms with Gasteiger partial charge in [0.25, 0.3) is 0 Å². The highest BCUT2D eigenvalue weighted by Gasteiger charge is 2.11. The Bertz CT molecular complexity index is 689. The topological polar surface area (TPSA) is 12.4 Å². The highest BCUT2D eigenvalue weighted by atomic mass is 79.9. The molecule has 2 aromatic carbocycles. The summed E-state index contributed by atoms with van der Waals surface area (Å²) in [6, 6.07) is 16.7. The minimum Gasteiger partial charge on any atom is -0.287 e. The maximum atomic E-state index is 4.53. The van der Waals surface area contributed by atoms with Gasteiger partial charge in [0.15, 0.2) is 0 Å². The number of rotatable bonds is 4. The number of hydrogen-bond acceptors (Lipinski definition) is 2. The predicted molar refractivity (Wildman–Crippen MR) is 97.4 cm³/mol. The zero-order chi connectivity index (χ0) is 15.2. The number of aliphatic imine (C=N–C) groups is 1. The predicted octanol–water partition coefficient (Wildman–Crippen LogP) is 5.93. The Hall–Kier alpha value is -1.32. The van der Waals surface area contributed by atoms with E-state index in [4.69, 9.17) is 0 Å². The fraction of sp³-hybridized carbons (Fsp3) is 0.167. The highest BCUT2D eigenvalue weighted by molar-refractivity contribution is 9.10. The van der Waals surface area contributed by atoms with Gasteiger partial charge in [0, 0.05) is 27.5 Å². The van der Waals surface area contributed by atoms with E-state index in [1.165, 1.54) is 15.4 Å². The summed E-state index contributed by atoms with van der Waals surface area (Å²) in [5.41, 5.74) is 3.31. The van der Waals surface area contributed by atoms with Crippen molar-refractivity contribution in [3.05, 3.63) is 75.1 Å². The summed E-state index contributed by atoms with van der Waals surface area (Å²) in [6.45, 7) is 4.19. The van der Waals surface area contributed by atoms with E-state index in [0.717, 1.165) is 15.7 Å². The molecule has 0 aliphatic heterocycles. The molecule has 0 unspecified atom stereocenters. The Morgan fingerprint density at radius 1 is 1.14 bits per heavy atom. The number of halogens is 1. The third-order valence-electron chi connectivity index (χ3n) is 3.14. The molecule has 0 saturated heterocycles. The van der Waals surface area contributed by atoms with Crippen molar-refractivity contribution in [3.8, 4) is 0 Å². The summed E-state index contributed by atoms with van der Waals surface area (Å²) in [7, 11) is 1.85. The summed E-state index contributed by atoms with van der Waals surface area (Å²) >= 11 is 5.31. The van der Waals surface area contributed by atoms with Gasteiger partial charge in [-0.1, -0.05) is 64.1 Å². The van der Waals surface area contributed by atoms with Crippen molar-refractivity contribution in [3.63, 3.8) is 0 Å². The summed E-state index contributed by atoms with van der Waals surface area (Å²) < 4.78 is 1.07. The zero-order valence-corrected chi connectivity index (χ0v) is 14.8. The van der Waals surface area contributed by atoms with Crippen LogP contribution in [0.25, 0.3) is 0 Å². The van der Waals surface area contributed by atoms with E-state index in [0.29, 0.717) is 0 Å². The second-order valence-electron chi connectivity index (χ2n) is 4.58. The minimum absolute atomic E-state index is 1.02. The SMILES string of the molecule is C/C=C(\C)Sc1ccccc1C(=NC)c1cccc(Br)c1. The van der Waals surface area contributed by atoms with Crippen LogP contribution in [0.2, 0.25) is 0 Å². The molecule has 0 aliphatic rings. The van der Waals surface area contributed by atoms with Crippen LogP contribution in [-0.4, -0.2) is 12.8 Å². The van der Waals surface area contributed by atoms with Crippen molar-refractivity contribution in [1.29, 1.82) is 0 Å². The summed E-state index contributed by atoms with van der Waals surface area (Å²) in [5.74, 6) is 0. The fourth-order valence-corrected chi connectivity index (χ4v) is 3.31. The van der Waals surface area contributed by atoms with E-state index in [-0.39, 0.29) is 0 Å². The largest absolute Gasteiger partial charge is 0.287 e. The van der Waals surface area contributed by atoms with Crippen LogP contribution in [0.5, 0.6) is 0 Å². The maximum absolute atomic E-state index is 4.53. The maximum Gasteiger partial charge on any atom is 0.0727 e. The molecular weight excluding hydrogens is 342 g/mol. The molecular formula is C18H18BrNS. The first-order valence-corrected chi connectivity index (χ1v) is 8.39. The first kappa shape index (κ1) is 16.1. The lowest BCUT2D eigenvalue weighted by Gasteiger charge is -2.12. The normalized spacial score (nSPS) is 12.6. The quantitative estimate of drug-likeness (QED) is 0.486. The third-order valence-corrected chi connectivity index (χ3v) is 4.77. The Labute approximate surface area is 139 Å². The van der Waals surface area contributed by atoms with Crippen molar-refractivity contribution in [2.45, 2.75) is 18.7 Å². The molecule has 2 rings (SSSR count). The van der Waals surface area contributed by atoms with Gasteiger partial charge in [-0.05, 0) is 37.0 Å². The average Bonchev–Trinajstić information content (AvgIpc) is 2.49. The van der Waals surface area contributed by atoms with Crippen LogP contribution in [0.1, 0.15) is 25.0 Å². The first-order valence-electron chi connectivity index (χ1n) is 6.78. The van der Waals surface area contributed by atoms with Crippen LogP contribution < -0.4 is 0 Å². The second-order valence-corrected chi connectivity index (χ2v) is 6.78. The molecule has 108 valence electrons. The number of benzene rings is 2. The molecule has 0 fully saturated rings. The van der Waals surface area contributed by atoms with E-state index in [9.17, 15) is 0 Å². The van der Waals surface area contributed by atoms with Crippen molar-refractivity contribution in [2.75, 3.05) is 7.05 Å². The highest BCUT2D eigenvalue weighted by Crippen LogP contribution is 2.31. The van der Waals surface area contributed by atoms with Crippen LogP contribution in [0, 0.1) is 0 Å². The molecule has 21 heavy (non-hydrogen) atoms. The number of allylic oxidation sites excluding steroid dienone is 2. The molecule has 2 aromatic rings. The standard InChI is InChI=1S/C18H18BrNS/c1-4-13(2)21-17-11-6-5-10-16(17)18(20-3)14-8-7-9-15(19)12-14/h4-12H,1-3H3/b13-4+,20-18?. The lowest BCUT2D eigenvalue weighted by molar-refractivity contribution is 1.35. The molecule has 0 heterocycles. The molecule has 0 aliphatic carbocycles. The average molecular weight is 360 g/mol. The van der Waals surface area contributed by atoms with Gasteiger partial charge in [-0.15, -0.1) is 0 Å². The smallest absolute Gasteiger partial charge is 0.0727 e. The number of thioether (sulfide) groups is 1. The van der Waals surface area contributed by atoms with E-state index in [1.54, 1.807) is 11.8 Å². The first-order chi connectivity index (χ1) is 10.2. The molecule has 0 aromatic heterocycles. The van der Waals surface area contributed by atoms with E-state index in [1.807, 2.05) is 19.2 Å². The molecule has 1 nitrogen and oxygen atoms in total. The third kappa shape index (κ3) is 4.08. The second kappa shape index (κ2) is 7.62. The lowest BCUT2D eigenvalue weighted by atomic mass is 10.0. The van der Waals surface area contributed by atoms with Crippen LogP contribution in [0.4, 0.5) is 0 Å². The number of nitrogens with zero attached hydrogens (tertiary/aromatic N) is 1. The Balaban J connectivity index is 2.49. The van der Waals surface area contributed by atoms with Crippen molar-refractivity contribution in [2.24, 2.45) is 4.99 Å². The fourth-order valence-electron chi connectivity index (χ4n) is 2.02. The van der Waals surface area contributed by atoms with E-state index in [2.05, 4.69) is 77.2 Å². The molecule has 3 heteroatoms. The monoisotopic (exact) mass is 359 g/mol. The van der Waals surface area contributed by atoms with Gasteiger partial charge < -0.3 is 0 Å². The van der Waals surface area contributed by atoms with Crippen LogP contribution in [-0.2, 0) is 0 Å². The molecule has 0 saturated carbocycles. The Morgan fingerprint density at radius 2 is 1.90 bits per heavy atom. The molecule has 0 atom stereocenters. The van der Waals surface area contributed by atoms with Gasteiger partial charge in [-0.3, -0.25) is 4.99 Å². The molecule has 0 bridgehead atoms. The van der Waals surface area contributed by atoms with Crippen LogP contribution in [0.3, 0.4) is 0 Å². The van der Waals surface area contributed by atoms with Gasteiger partial charge in [0.05, 0.1) is 5.71 Å². The Morgan fingerprint density at radius 3 is 2.57 bits per heavy atom. The van der Waals surface area contributed by atoms with Crippen molar-refractivity contribution < 1.29 is 0 Å². The molecule has 0 amide bonds. The van der Waals surface area contributed by atoms with E-state index < -0.39 is 0 Å². The van der Waals surface area contributed by atoms with Gasteiger partial charge in [0.2, 0.25) is 0 Å². The number of hydrogen-bond donors (Lipinski definition) is 0. The van der Waals surface area contributed by atoms with Gasteiger partial charge in [-0.25, -0.2) is 0 Å². The minimum atomic E-state index is 1.02. The van der Waals surface area contributed by atoms with Crippen LogP contribution >= 0.6 is 27.7 Å². The molecule has 0 N–H and O–H groups in total. The van der Waals surface area contributed by atoms with Crippen molar-refractivity contribution in [1.82, 2.24) is 0 Å². The van der Waals surface area contributed by atoms with Gasteiger partial charge in [-0.2, -0.15) is 0 Å². The summed E-state index contributed by atoms with van der Waals surface area (Å²) in [6.07, 6.45) is 2.13. The van der Waals surface area contributed by atoms with E-state index >= 15 is 0 Å². The zero-order valence-electron chi connectivity index (χ0n) is 12.4. The summed E-state index contributed by atoms with van der Waals surface area (Å²) in [5, 5.41) is 0. The van der Waals surface area contributed by atoms with Crippen molar-refractivity contribution >= 4 is 33.4 Å². The molecule has 0 radical (unpaired) electrons.